The number of carbonyl (C=O) groups excluding carboxylic acids is 1. The third kappa shape index (κ3) is 4.39. The predicted molar refractivity (Wildman–Crippen MR) is 102 cm³/mol. The Balaban J connectivity index is 1.73. The highest BCUT2D eigenvalue weighted by Gasteiger charge is 2.10. The molecular weight excluding hydrogens is 326 g/mol. The van der Waals surface area contributed by atoms with Gasteiger partial charge in [0.2, 0.25) is 0 Å². The van der Waals surface area contributed by atoms with Crippen LogP contribution in [0.1, 0.15) is 30.2 Å². The molecule has 3 aromatic rings. The summed E-state index contributed by atoms with van der Waals surface area (Å²) in [6.45, 7) is 2.53. The molecule has 0 saturated carbocycles. The summed E-state index contributed by atoms with van der Waals surface area (Å²) in [5, 5.41) is 1.12. The maximum Gasteiger partial charge on any atom is 0.309 e. The molecule has 3 rings (SSSR count). The number of benzene rings is 2. The molecule has 0 atom stereocenters. The monoisotopic (exact) mass is 349 g/mol. The summed E-state index contributed by atoms with van der Waals surface area (Å²) < 4.78 is 10.7. The van der Waals surface area contributed by atoms with Gasteiger partial charge in [-0.25, -0.2) is 4.98 Å². The number of methoxy groups -OCH3 is 1. The van der Waals surface area contributed by atoms with Gasteiger partial charge in [-0.05, 0) is 41.8 Å². The van der Waals surface area contributed by atoms with Crippen LogP contribution in [0.3, 0.4) is 0 Å². The number of hydrogen-bond acceptors (Lipinski definition) is 4. The molecule has 0 aliphatic rings. The average molecular weight is 349 g/mol. The molecule has 0 aliphatic carbocycles. The first-order valence-electron chi connectivity index (χ1n) is 8.85. The topological polar surface area (TPSA) is 48.4 Å². The minimum absolute atomic E-state index is 0.226. The Hall–Kier alpha value is -2.88. The van der Waals surface area contributed by atoms with Crippen LogP contribution in [0.5, 0.6) is 5.75 Å². The fraction of sp³-hybridized carbons (Fsp3) is 0.273. The van der Waals surface area contributed by atoms with Gasteiger partial charge in [0.1, 0.15) is 12.4 Å². The molecule has 0 unspecified atom stereocenters. The van der Waals surface area contributed by atoms with Gasteiger partial charge in [-0.1, -0.05) is 43.7 Å². The van der Waals surface area contributed by atoms with Crippen molar-refractivity contribution in [3.8, 4) is 5.75 Å². The third-order valence-electron chi connectivity index (χ3n) is 4.30. The summed E-state index contributed by atoms with van der Waals surface area (Å²) in [5.41, 5.74) is 3.98. The Morgan fingerprint density at radius 2 is 1.88 bits per heavy atom. The molecule has 0 fully saturated rings. The molecule has 4 heteroatoms. The maximum absolute atomic E-state index is 11.6. The van der Waals surface area contributed by atoms with E-state index in [0.717, 1.165) is 46.3 Å². The number of esters is 1. The van der Waals surface area contributed by atoms with Gasteiger partial charge in [-0.2, -0.15) is 0 Å². The lowest BCUT2D eigenvalue weighted by Gasteiger charge is -2.12. The van der Waals surface area contributed by atoms with Crippen molar-refractivity contribution in [1.82, 2.24) is 4.98 Å². The SMILES string of the molecule is CCCc1cc(OCc2ccc3ccccc3n2)ccc1CC(=O)OC. The third-order valence-corrected chi connectivity index (χ3v) is 4.30. The number of pyridine rings is 1. The van der Waals surface area contributed by atoms with E-state index in [1.807, 2.05) is 48.5 Å². The van der Waals surface area contributed by atoms with Crippen LogP contribution in [0, 0.1) is 0 Å². The first-order chi connectivity index (χ1) is 12.7. The van der Waals surface area contributed by atoms with E-state index >= 15 is 0 Å². The van der Waals surface area contributed by atoms with Crippen molar-refractivity contribution in [1.29, 1.82) is 0 Å². The molecule has 1 aromatic heterocycles. The Morgan fingerprint density at radius 1 is 1.04 bits per heavy atom. The van der Waals surface area contributed by atoms with Gasteiger partial charge >= 0.3 is 5.97 Å². The Morgan fingerprint density at radius 3 is 2.69 bits per heavy atom. The highest BCUT2D eigenvalue weighted by Crippen LogP contribution is 2.22. The Kier molecular flexibility index (Phi) is 5.84. The van der Waals surface area contributed by atoms with E-state index < -0.39 is 0 Å². The number of ether oxygens (including phenoxy) is 2. The predicted octanol–water partition coefficient (Wildman–Crippen LogP) is 4.48. The lowest BCUT2D eigenvalue weighted by Crippen LogP contribution is -2.07. The van der Waals surface area contributed by atoms with E-state index in [9.17, 15) is 4.79 Å². The number of aromatic nitrogens is 1. The van der Waals surface area contributed by atoms with Gasteiger partial charge in [0.05, 0.1) is 24.7 Å². The molecule has 0 N–H and O–H groups in total. The van der Waals surface area contributed by atoms with Crippen molar-refractivity contribution < 1.29 is 14.3 Å². The lowest BCUT2D eigenvalue weighted by molar-refractivity contribution is -0.139. The molecule has 4 nitrogen and oxygen atoms in total. The highest BCUT2D eigenvalue weighted by molar-refractivity contribution is 5.78. The van der Waals surface area contributed by atoms with Crippen molar-refractivity contribution in [2.24, 2.45) is 0 Å². The summed E-state index contributed by atoms with van der Waals surface area (Å²) in [5.74, 6) is 0.563. The van der Waals surface area contributed by atoms with Crippen molar-refractivity contribution in [2.45, 2.75) is 32.8 Å². The highest BCUT2D eigenvalue weighted by atomic mass is 16.5. The van der Waals surface area contributed by atoms with Crippen LogP contribution < -0.4 is 4.74 Å². The van der Waals surface area contributed by atoms with Gasteiger partial charge in [0.15, 0.2) is 0 Å². The minimum Gasteiger partial charge on any atom is -0.487 e. The second-order valence-electron chi connectivity index (χ2n) is 6.22. The lowest BCUT2D eigenvalue weighted by atomic mass is 10.0. The van der Waals surface area contributed by atoms with Crippen molar-refractivity contribution in [3.63, 3.8) is 0 Å². The number of fused-ring (bicyclic) bond motifs is 1. The molecule has 0 amide bonds. The summed E-state index contributed by atoms with van der Waals surface area (Å²) >= 11 is 0. The zero-order valence-corrected chi connectivity index (χ0v) is 15.2. The van der Waals surface area contributed by atoms with E-state index in [0.29, 0.717) is 13.0 Å². The largest absolute Gasteiger partial charge is 0.487 e. The van der Waals surface area contributed by atoms with E-state index in [2.05, 4.69) is 18.0 Å². The average Bonchev–Trinajstić information content (AvgIpc) is 2.68. The molecule has 0 radical (unpaired) electrons. The first-order valence-corrected chi connectivity index (χ1v) is 8.85. The number of para-hydroxylation sites is 1. The molecule has 0 spiro atoms. The van der Waals surface area contributed by atoms with Gasteiger partial charge in [-0.3, -0.25) is 4.79 Å². The van der Waals surface area contributed by atoms with Gasteiger partial charge in [-0.15, -0.1) is 0 Å². The molecule has 2 aromatic carbocycles. The number of hydrogen-bond donors (Lipinski definition) is 0. The smallest absolute Gasteiger partial charge is 0.309 e. The van der Waals surface area contributed by atoms with Gasteiger partial charge in [0, 0.05) is 5.39 Å². The molecule has 134 valence electrons. The Bertz CT molecular complexity index is 905. The second kappa shape index (κ2) is 8.48. The van der Waals surface area contributed by atoms with Crippen LogP contribution in [0.2, 0.25) is 0 Å². The van der Waals surface area contributed by atoms with Gasteiger partial charge < -0.3 is 9.47 Å². The van der Waals surface area contributed by atoms with Crippen LogP contribution >= 0.6 is 0 Å². The summed E-state index contributed by atoms with van der Waals surface area (Å²) in [6.07, 6.45) is 2.19. The zero-order valence-electron chi connectivity index (χ0n) is 15.2. The first kappa shape index (κ1) is 17.9. The van der Waals surface area contributed by atoms with Crippen LogP contribution in [-0.4, -0.2) is 18.1 Å². The van der Waals surface area contributed by atoms with Crippen molar-refractivity contribution >= 4 is 16.9 Å². The molecule has 0 aliphatic heterocycles. The van der Waals surface area contributed by atoms with E-state index in [1.165, 1.54) is 7.11 Å². The fourth-order valence-electron chi connectivity index (χ4n) is 2.94. The summed E-state index contributed by atoms with van der Waals surface area (Å²) in [6, 6.07) is 17.9. The molecular formula is C22H23NO3. The van der Waals surface area contributed by atoms with Crippen molar-refractivity contribution in [2.75, 3.05) is 7.11 Å². The van der Waals surface area contributed by atoms with Crippen LogP contribution in [0.4, 0.5) is 0 Å². The van der Waals surface area contributed by atoms with Gasteiger partial charge in [0.25, 0.3) is 0 Å². The summed E-state index contributed by atoms with van der Waals surface area (Å²) in [7, 11) is 1.41. The minimum atomic E-state index is -0.226. The fourth-order valence-corrected chi connectivity index (χ4v) is 2.94. The Labute approximate surface area is 153 Å². The van der Waals surface area contributed by atoms with E-state index in [1.54, 1.807) is 0 Å². The zero-order chi connectivity index (χ0) is 18.4. The number of nitrogens with zero attached hydrogens (tertiary/aromatic N) is 1. The molecule has 26 heavy (non-hydrogen) atoms. The molecule has 1 heterocycles. The van der Waals surface area contributed by atoms with Crippen LogP contribution in [-0.2, 0) is 29.0 Å². The van der Waals surface area contributed by atoms with E-state index in [4.69, 9.17) is 9.47 Å². The van der Waals surface area contributed by atoms with Crippen molar-refractivity contribution in [3.05, 3.63) is 71.4 Å². The molecule has 0 saturated heterocycles. The standard InChI is InChI=1S/C22H23NO3/c1-3-6-17-13-20(12-10-18(17)14-22(24)25-2)26-15-19-11-9-16-7-4-5-8-21(16)23-19/h4-5,7-13H,3,6,14-15H2,1-2H3. The maximum atomic E-state index is 11.6. The quantitative estimate of drug-likeness (QED) is 0.590. The molecule has 0 bridgehead atoms. The van der Waals surface area contributed by atoms with Crippen LogP contribution in [0.25, 0.3) is 10.9 Å². The van der Waals surface area contributed by atoms with E-state index in [-0.39, 0.29) is 5.97 Å². The second-order valence-corrected chi connectivity index (χ2v) is 6.22. The number of aryl methyl sites for hydroxylation is 1. The van der Waals surface area contributed by atoms with Crippen LogP contribution in [0.15, 0.2) is 54.6 Å². The normalized spacial score (nSPS) is 10.7. The summed E-state index contributed by atoms with van der Waals surface area (Å²) in [4.78, 5) is 16.2. The number of rotatable bonds is 7. The number of carbonyl (C=O) groups is 1.